The van der Waals surface area contributed by atoms with E-state index in [4.69, 9.17) is 0 Å². The standard InChI is InChI=1S/C17H12F3N3OS.ClH/c1-10(24)22-12-4-2-3-11(7-12)15-9-25-16(23-15)13-8-21-6-5-14(13)17(18,19)20;/h2-9H,1H3,(H,22,24);1H. The quantitative estimate of drug-likeness (QED) is 0.652. The molecular weight excluding hydrogens is 387 g/mol. The first-order valence-corrected chi connectivity index (χ1v) is 8.07. The zero-order valence-electron chi connectivity index (χ0n) is 13.4. The van der Waals surface area contributed by atoms with E-state index >= 15 is 0 Å². The Labute approximate surface area is 157 Å². The van der Waals surface area contributed by atoms with Crippen molar-refractivity contribution >= 4 is 35.3 Å². The molecule has 0 bridgehead atoms. The van der Waals surface area contributed by atoms with Crippen molar-refractivity contribution in [3.63, 3.8) is 0 Å². The number of nitrogens with one attached hydrogen (secondary N) is 1. The Kier molecular flexibility index (Phi) is 5.99. The van der Waals surface area contributed by atoms with E-state index in [9.17, 15) is 18.0 Å². The summed E-state index contributed by atoms with van der Waals surface area (Å²) >= 11 is 1.11. The number of aromatic nitrogens is 2. The predicted octanol–water partition coefficient (Wildman–Crippen LogP) is 5.27. The normalized spacial score (nSPS) is 10.9. The summed E-state index contributed by atoms with van der Waals surface area (Å²) in [6, 6.07) is 7.89. The highest BCUT2D eigenvalue weighted by Gasteiger charge is 2.34. The first kappa shape index (κ1) is 19.9. The van der Waals surface area contributed by atoms with E-state index in [-0.39, 0.29) is 28.9 Å². The maximum absolute atomic E-state index is 13.1. The lowest BCUT2D eigenvalue weighted by Crippen LogP contribution is -2.07. The van der Waals surface area contributed by atoms with Crippen molar-refractivity contribution in [2.24, 2.45) is 0 Å². The fraction of sp³-hybridized carbons (Fsp3) is 0.118. The van der Waals surface area contributed by atoms with Crippen molar-refractivity contribution in [1.29, 1.82) is 0 Å². The number of halogens is 4. The highest BCUT2D eigenvalue weighted by molar-refractivity contribution is 7.13. The van der Waals surface area contributed by atoms with Crippen molar-refractivity contribution in [3.05, 3.63) is 53.7 Å². The lowest BCUT2D eigenvalue weighted by molar-refractivity contribution is -0.137. The Hall–Kier alpha value is -2.45. The van der Waals surface area contributed by atoms with Gasteiger partial charge in [0.05, 0.1) is 11.3 Å². The molecule has 1 amide bonds. The van der Waals surface area contributed by atoms with Gasteiger partial charge in [0, 0.05) is 41.5 Å². The molecule has 2 aromatic heterocycles. The SMILES string of the molecule is CC(=O)Nc1cccc(-c2csc(-c3cnccc3C(F)(F)F)n2)c1.Cl. The third-order valence-electron chi connectivity index (χ3n) is 3.34. The summed E-state index contributed by atoms with van der Waals surface area (Å²) < 4.78 is 39.4. The Balaban J connectivity index is 0.00000243. The van der Waals surface area contributed by atoms with Gasteiger partial charge < -0.3 is 5.32 Å². The van der Waals surface area contributed by atoms with Gasteiger partial charge in [-0.2, -0.15) is 13.2 Å². The molecule has 0 aliphatic rings. The zero-order chi connectivity index (χ0) is 18.0. The van der Waals surface area contributed by atoms with Crippen molar-refractivity contribution in [3.8, 4) is 21.8 Å². The number of carbonyl (C=O) groups is 1. The number of amides is 1. The molecule has 0 spiro atoms. The number of alkyl halides is 3. The second-order valence-corrected chi connectivity index (χ2v) is 6.08. The molecule has 0 unspecified atom stereocenters. The maximum atomic E-state index is 13.1. The Morgan fingerprint density at radius 3 is 2.69 bits per heavy atom. The molecule has 0 fully saturated rings. The summed E-state index contributed by atoms with van der Waals surface area (Å²) in [6.07, 6.45) is -2.20. The number of thiazole rings is 1. The highest BCUT2D eigenvalue weighted by atomic mass is 35.5. The molecule has 1 aromatic carbocycles. The van der Waals surface area contributed by atoms with Gasteiger partial charge in [0.15, 0.2) is 0 Å². The third kappa shape index (κ3) is 4.39. The fourth-order valence-electron chi connectivity index (χ4n) is 2.30. The number of carbonyl (C=O) groups excluding carboxylic acids is 1. The summed E-state index contributed by atoms with van der Waals surface area (Å²) in [5, 5.41) is 4.57. The summed E-state index contributed by atoms with van der Waals surface area (Å²) in [5.41, 5.74) is 1.01. The molecule has 0 saturated carbocycles. The molecule has 26 heavy (non-hydrogen) atoms. The second kappa shape index (κ2) is 7.84. The number of benzene rings is 1. The van der Waals surface area contributed by atoms with Crippen LogP contribution >= 0.6 is 23.7 Å². The number of nitrogens with zero attached hydrogens (tertiary/aromatic N) is 2. The predicted molar refractivity (Wildman–Crippen MR) is 97.3 cm³/mol. The zero-order valence-corrected chi connectivity index (χ0v) is 15.0. The summed E-state index contributed by atoms with van der Waals surface area (Å²) in [4.78, 5) is 19.2. The van der Waals surface area contributed by atoms with Gasteiger partial charge in [-0.3, -0.25) is 9.78 Å². The summed E-state index contributed by atoms with van der Waals surface area (Å²) in [6.45, 7) is 1.40. The Morgan fingerprint density at radius 1 is 1.23 bits per heavy atom. The second-order valence-electron chi connectivity index (χ2n) is 5.22. The Bertz CT molecular complexity index is 927. The van der Waals surface area contributed by atoms with Gasteiger partial charge >= 0.3 is 6.18 Å². The van der Waals surface area contributed by atoms with Crippen LogP contribution in [0.1, 0.15) is 12.5 Å². The van der Waals surface area contributed by atoms with E-state index < -0.39 is 11.7 Å². The molecule has 3 rings (SSSR count). The summed E-state index contributed by atoms with van der Waals surface area (Å²) in [5.74, 6) is -0.207. The number of rotatable bonds is 3. The minimum Gasteiger partial charge on any atom is -0.326 e. The van der Waals surface area contributed by atoms with Crippen LogP contribution < -0.4 is 5.32 Å². The number of hydrogen-bond donors (Lipinski definition) is 1. The van der Waals surface area contributed by atoms with Crippen molar-refractivity contribution in [1.82, 2.24) is 9.97 Å². The van der Waals surface area contributed by atoms with Crippen molar-refractivity contribution in [2.45, 2.75) is 13.1 Å². The van der Waals surface area contributed by atoms with Crippen LogP contribution in [0.5, 0.6) is 0 Å². The summed E-state index contributed by atoms with van der Waals surface area (Å²) in [7, 11) is 0. The maximum Gasteiger partial charge on any atom is 0.417 e. The van der Waals surface area contributed by atoms with Crippen LogP contribution in [-0.4, -0.2) is 15.9 Å². The molecule has 4 nitrogen and oxygen atoms in total. The van der Waals surface area contributed by atoms with E-state index in [1.165, 1.54) is 13.1 Å². The van der Waals surface area contributed by atoms with Crippen LogP contribution in [-0.2, 0) is 11.0 Å². The van der Waals surface area contributed by atoms with Crippen LogP contribution in [0, 0.1) is 0 Å². The number of pyridine rings is 1. The third-order valence-corrected chi connectivity index (χ3v) is 4.22. The molecule has 9 heteroatoms. The molecule has 0 aliphatic heterocycles. The van der Waals surface area contributed by atoms with Crippen molar-refractivity contribution < 1.29 is 18.0 Å². The smallest absolute Gasteiger partial charge is 0.326 e. The molecule has 0 radical (unpaired) electrons. The number of hydrogen-bond acceptors (Lipinski definition) is 4. The van der Waals surface area contributed by atoms with Gasteiger partial charge in [-0.25, -0.2) is 4.98 Å². The monoisotopic (exact) mass is 399 g/mol. The van der Waals surface area contributed by atoms with Gasteiger partial charge in [-0.1, -0.05) is 12.1 Å². The lowest BCUT2D eigenvalue weighted by atomic mass is 10.1. The van der Waals surface area contributed by atoms with Crippen LogP contribution in [0.3, 0.4) is 0 Å². The first-order valence-electron chi connectivity index (χ1n) is 7.20. The minimum absolute atomic E-state index is 0. The van der Waals surface area contributed by atoms with E-state index in [1.807, 2.05) is 0 Å². The molecule has 136 valence electrons. The molecular formula is C17H13ClF3N3OS. The van der Waals surface area contributed by atoms with E-state index in [0.717, 1.165) is 23.6 Å². The molecule has 0 atom stereocenters. The van der Waals surface area contributed by atoms with Crippen LogP contribution in [0.2, 0.25) is 0 Å². The highest BCUT2D eigenvalue weighted by Crippen LogP contribution is 2.38. The molecule has 0 aliphatic carbocycles. The van der Waals surface area contributed by atoms with Crippen LogP contribution in [0.25, 0.3) is 21.8 Å². The largest absolute Gasteiger partial charge is 0.417 e. The minimum atomic E-state index is -4.48. The molecule has 2 heterocycles. The molecule has 1 N–H and O–H groups in total. The van der Waals surface area contributed by atoms with Crippen LogP contribution in [0.15, 0.2) is 48.1 Å². The topological polar surface area (TPSA) is 54.9 Å². The van der Waals surface area contributed by atoms with E-state index in [2.05, 4.69) is 15.3 Å². The average molecular weight is 400 g/mol. The van der Waals surface area contributed by atoms with Gasteiger partial charge in [0.25, 0.3) is 0 Å². The fourth-order valence-corrected chi connectivity index (χ4v) is 3.15. The Morgan fingerprint density at radius 2 is 2.00 bits per heavy atom. The van der Waals surface area contributed by atoms with Gasteiger partial charge in [-0.15, -0.1) is 23.7 Å². The van der Waals surface area contributed by atoms with Crippen LogP contribution in [0.4, 0.5) is 18.9 Å². The average Bonchev–Trinajstić information content (AvgIpc) is 3.03. The number of anilines is 1. The first-order chi connectivity index (χ1) is 11.8. The van der Waals surface area contributed by atoms with Gasteiger partial charge in [0.2, 0.25) is 5.91 Å². The van der Waals surface area contributed by atoms with E-state index in [1.54, 1.807) is 29.6 Å². The van der Waals surface area contributed by atoms with Gasteiger partial charge in [-0.05, 0) is 18.2 Å². The molecule has 3 aromatic rings. The van der Waals surface area contributed by atoms with Crippen molar-refractivity contribution in [2.75, 3.05) is 5.32 Å². The molecule has 0 saturated heterocycles. The lowest BCUT2D eigenvalue weighted by Gasteiger charge is -2.09. The van der Waals surface area contributed by atoms with E-state index in [0.29, 0.717) is 16.9 Å². The van der Waals surface area contributed by atoms with Gasteiger partial charge in [0.1, 0.15) is 5.01 Å².